The fourth-order valence-electron chi connectivity index (χ4n) is 3.95. The summed E-state index contributed by atoms with van der Waals surface area (Å²) in [5.41, 5.74) is 1.01. The molecule has 2 aromatic carbocycles. The van der Waals surface area contributed by atoms with Gasteiger partial charge in [0.15, 0.2) is 0 Å². The molecule has 0 aromatic heterocycles. The van der Waals surface area contributed by atoms with E-state index in [0.29, 0.717) is 23.6 Å². The van der Waals surface area contributed by atoms with Gasteiger partial charge in [-0.15, -0.1) is 0 Å². The molecule has 1 fully saturated rings. The summed E-state index contributed by atoms with van der Waals surface area (Å²) in [6.45, 7) is 2.52. The van der Waals surface area contributed by atoms with Crippen molar-refractivity contribution >= 4 is 39.4 Å². The molecular formula is C25H29N3O8S. The van der Waals surface area contributed by atoms with Crippen LogP contribution in [0.4, 0.5) is 5.69 Å². The van der Waals surface area contributed by atoms with Gasteiger partial charge in [-0.25, -0.2) is 18.5 Å². The molecule has 1 aliphatic heterocycles. The molecule has 0 radical (unpaired) electrons. The summed E-state index contributed by atoms with van der Waals surface area (Å²) in [7, 11) is -3.86. The predicted molar refractivity (Wildman–Crippen MR) is 133 cm³/mol. The number of carbonyl (C=O) groups is 4. The average molecular weight is 532 g/mol. The van der Waals surface area contributed by atoms with Crippen molar-refractivity contribution in [1.82, 2.24) is 4.90 Å². The van der Waals surface area contributed by atoms with E-state index in [4.69, 9.17) is 15.0 Å². The van der Waals surface area contributed by atoms with Crippen LogP contribution >= 0.6 is 0 Å². The summed E-state index contributed by atoms with van der Waals surface area (Å²) in [6, 6.07) is 11.1. The standard InChI is InChI=1S/C25H29N3O8S/c1-2-15-36-19-7-5-18(6-8-19)28-23(30)16-21(25(28)33)27(22(29)11-12-24(31)32)14-13-17-3-9-20(10-4-17)37(26,34)35/h3-10,21H,2,11-16H2,1H3,(H,31,32)(H2,26,34,35)/t21-/m0/s1. The van der Waals surface area contributed by atoms with Gasteiger partial charge in [-0.2, -0.15) is 0 Å². The van der Waals surface area contributed by atoms with Crippen LogP contribution in [0, 0.1) is 0 Å². The molecule has 1 heterocycles. The zero-order valence-electron chi connectivity index (χ0n) is 20.3. The minimum atomic E-state index is -3.86. The maximum Gasteiger partial charge on any atom is 0.303 e. The molecule has 0 unspecified atom stereocenters. The molecule has 3 N–H and O–H groups in total. The van der Waals surface area contributed by atoms with Gasteiger partial charge in [0.25, 0.3) is 5.91 Å². The Balaban J connectivity index is 1.79. The number of rotatable bonds is 12. The van der Waals surface area contributed by atoms with Crippen molar-refractivity contribution in [2.45, 2.75) is 50.0 Å². The van der Waals surface area contributed by atoms with Crippen LogP contribution in [0.2, 0.25) is 0 Å². The molecule has 37 heavy (non-hydrogen) atoms. The molecule has 12 heteroatoms. The van der Waals surface area contributed by atoms with Crippen LogP contribution < -0.4 is 14.8 Å². The number of anilines is 1. The second kappa shape index (κ2) is 12.0. The average Bonchev–Trinajstić information content (AvgIpc) is 3.15. The number of hydrogen-bond acceptors (Lipinski definition) is 7. The Bertz CT molecular complexity index is 1260. The van der Waals surface area contributed by atoms with Crippen molar-refractivity contribution in [1.29, 1.82) is 0 Å². The van der Waals surface area contributed by atoms with E-state index < -0.39 is 46.2 Å². The van der Waals surface area contributed by atoms with Crippen molar-refractivity contribution in [3.05, 3.63) is 54.1 Å². The normalized spacial score (nSPS) is 15.6. The van der Waals surface area contributed by atoms with Crippen LogP contribution in [0.5, 0.6) is 5.75 Å². The highest BCUT2D eigenvalue weighted by molar-refractivity contribution is 7.89. The number of carboxylic acids is 1. The molecule has 1 saturated heterocycles. The number of sulfonamides is 1. The minimum Gasteiger partial charge on any atom is -0.494 e. The maximum atomic E-state index is 13.3. The molecule has 0 saturated carbocycles. The van der Waals surface area contributed by atoms with Crippen LogP contribution in [0.25, 0.3) is 0 Å². The van der Waals surface area contributed by atoms with Crippen molar-refractivity contribution in [2.75, 3.05) is 18.1 Å². The number of amides is 3. The third-order valence-electron chi connectivity index (χ3n) is 5.83. The number of ether oxygens (including phenoxy) is 1. The number of aliphatic carboxylic acids is 1. The smallest absolute Gasteiger partial charge is 0.303 e. The lowest BCUT2D eigenvalue weighted by Gasteiger charge is -2.28. The summed E-state index contributed by atoms with van der Waals surface area (Å²) in [6.07, 6.45) is 0.0765. The van der Waals surface area contributed by atoms with Gasteiger partial charge in [-0.3, -0.25) is 19.2 Å². The largest absolute Gasteiger partial charge is 0.494 e. The van der Waals surface area contributed by atoms with Crippen molar-refractivity contribution in [2.24, 2.45) is 5.14 Å². The van der Waals surface area contributed by atoms with Crippen LogP contribution in [0.3, 0.4) is 0 Å². The number of nitrogens with two attached hydrogens (primary N) is 1. The van der Waals surface area contributed by atoms with Crippen molar-refractivity contribution in [3.63, 3.8) is 0 Å². The molecule has 3 rings (SSSR count). The van der Waals surface area contributed by atoms with Crippen LogP contribution in [0.1, 0.15) is 38.2 Å². The number of imide groups is 1. The monoisotopic (exact) mass is 531 g/mol. The number of hydrogen-bond donors (Lipinski definition) is 2. The molecule has 0 bridgehead atoms. The van der Waals surface area contributed by atoms with E-state index in [1.54, 1.807) is 24.3 Å². The Kier molecular flexibility index (Phi) is 9.00. The lowest BCUT2D eigenvalue weighted by molar-refractivity contribution is -0.143. The Hall–Kier alpha value is -3.77. The van der Waals surface area contributed by atoms with Gasteiger partial charge in [0.1, 0.15) is 11.8 Å². The Labute approximate surface area is 214 Å². The van der Waals surface area contributed by atoms with E-state index in [0.717, 1.165) is 11.3 Å². The Morgan fingerprint density at radius 1 is 1.08 bits per heavy atom. The van der Waals surface area contributed by atoms with E-state index in [2.05, 4.69) is 0 Å². The second-order valence-corrected chi connectivity index (χ2v) is 10.1. The maximum absolute atomic E-state index is 13.3. The molecule has 1 aliphatic rings. The SMILES string of the molecule is CCCOc1ccc(N2C(=O)C[C@H](N(CCc3ccc(S(N)(=O)=O)cc3)C(=O)CCC(=O)O)C2=O)cc1. The number of carboxylic acid groups (broad SMARTS) is 1. The molecule has 0 aliphatic carbocycles. The zero-order chi connectivity index (χ0) is 27.2. The van der Waals surface area contributed by atoms with E-state index in [1.807, 2.05) is 6.92 Å². The minimum absolute atomic E-state index is 0.0223. The van der Waals surface area contributed by atoms with Crippen LogP contribution in [0.15, 0.2) is 53.4 Å². The van der Waals surface area contributed by atoms with Gasteiger partial charge in [-0.05, 0) is 54.8 Å². The predicted octanol–water partition coefficient (Wildman–Crippen LogP) is 1.69. The fraction of sp³-hybridized carbons (Fsp3) is 0.360. The quantitative estimate of drug-likeness (QED) is 0.391. The molecule has 11 nitrogen and oxygen atoms in total. The molecule has 0 spiro atoms. The number of benzene rings is 2. The lowest BCUT2D eigenvalue weighted by atomic mass is 10.1. The lowest BCUT2D eigenvalue weighted by Crippen LogP contribution is -2.46. The number of carbonyl (C=O) groups excluding carboxylic acids is 3. The first-order valence-electron chi connectivity index (χ1n) is 11.7. The number of primary sulfonamides is 1. The van der Waals surface area contributed by atoms with Gasteiger partial charge in [0.2, 0.25) is 21.8 Å². The molecular weight excluding hydrogens is 502 g/mol. The zero-order valence-corrected chi connectivity index (χ0v) is 21.1. The first kappa shape index (κ1) is 27.8. The summed E-state index contributed by atoms with van der Waals surface area (Å²) < 4.78 is 28.5. The van der Waals surface area contributed by atoms with Gasteiger partial charge < -0.3 is 14.7 Å². The number of nitrogens with zero attached hydrogens (tertiary/aromatic N) is 2. The summed E-state index contributed by atoms with van der Waals surface area (Å²) in [5.74, 6) is -2.20. The highest BCUT2D eigenvalue weighted by Gasteiger charge is 2.44. The fourth-order valence-corrected chi connectivity index (χ4v) is 4.46. The van der Waals surface area contributed by atoms with Crippen molar-refractivity contribution < 1.29 is 37.4 Å². The van der Waals surface area contributed by atoms with E-state index >= 15 is 0 Å². The molecule has 198 valence electrons. The third-order valence-corrected chi connectivity index (χ3v) is 6.76. The van der Waals surface area contributed by atoms with Crippen molar-refractivity contribution in [3.8, 4) is 5.75 Å². The first-order valence-corrected chi connectivity index (χ1v) is 13.3. The molecule has 1 atom stereocenters. The topological polar surface area (TPSA) is 164 Å². The van der Waals surface area contributed by atoms with Gasteiger partial charge >= 0.3 is 5.97 Å². The Morgan fingerprint density at radius 2 is 1.73 bits per heavy atom. The highest BCUT2D eigenvalue weighted by atomic mass is 32.2. The summed E-state index contributed by atoms with van der Waals surface area (Å²) in [5, 5.41) is 14.1. The first-order chi connectivity index (χ1) is 17.5. The van der Waals surface area contributed by atoms with E-state index in [-0.39, 0.29) is 30.7 Å². The molecule has 3 amide bonds. The summed E-state index contributed by atoms with van der Waals surface area (Å²) in [4.78, 5) is 52.3. The second-order valence-electron chi connectivity index (χ2n) is 8.55. The van der Waals surface area contributed by atoms with Gasteiger partial charge in [-0.1, -0.05) is 19.1 Å². The van der Waals surface area contributed by atoms with E-state index in [1.165, 1.54) is 29.2 Å². The summed E-state index contributed by atoms with van der Waals surface area (Å²) >= 11 is 0. The molecule has 2 aromatic rings. The van der Waals surface area contributed by atoms with E-state index in [9.17, 15) is 27.6 Å². The van der Waals surface area contributed by atoms with Gasteiger partial charge in [0, 0.05) is 13.0 Å². The van der Waals surface area contributed by atoms with Crippen LogP contribution in [-0.2, 0) is 35.6 Å². The highest BCUT2D eigenvalue weighted by Crippen LogP contribution is 2.28. The van der Waals surface area contributed by atoms with Gasteiger partial charge in [0.05, 0.1) is 30.0 Å². The van der Waals surface area contributed by atoms with Crippen LogP contribution in [-0.4, -0.2) is 61.3 Å². The Morgan fingerprint density at radius 3 is 2.30 bits per heavy atom. The third kappa shape index (κ3) is 7.14.